The van der Waals surface area contributed by atoms with E-state index in [9.17, 15) is 15.0 Å². The van der Waals surface area contributed by atoms with Crippen molar-refractivity contribution in [2.24, 2.45) is 0 Å². The fourth-order valence-electron chi connectivity index (χ4n) is 2.59. The Morgan fingerprint density at radius 1 is 1.48 bits per heavy atom. The van der Waals surface area contributed by atoms with Gasteiger partial charge in [0.05, 0.1) is 26.1 Å². The summed E-state index contributed by atoms with van der Waals surface area (Å²) in [4.78, 5) is 22.1. The van der Waals surface area contributed by atoms with Crippen molar-refractivity contribution in [2.75, 3.05) is 25.6 Å². The van der Waals surface area contributed by atoms with E-state index >= 15 is 0 Å². The van der Waals surface area contributed by atoms with Gasteiger partial charge in [0, 0.05) is 0 Å². The van der Waals surface area contributed by atoms with E-state index in [0.717, 1.165) is 0 Å². The molecule has 6 N–H and O–H groups in total. The number of aliphatic hydroxyl groups is 3. The highest BCUT2D eigenvalue weighted by molar-refractivity contribution is 5.70. The number of nitrogens with two attached hydrogens (primary N) is 1. The largest absolute Gasteiger partial charge is 0.394 e. The van der Waals surface area contributed by atoms with E-state index in [-0.39, 0.29) is 30.3 Å². The van der Waals surface area contributed by atoms with Crippen LogP contribution in [-0.2, 0) is 9.47 Å². The van der Waals surface area contributed by atoms with Crippen molar-refractivity contribution in [1.82, 2.24) is 19.5 Å². The summed E-state index contributed by atoms with van der Waals surface area (Å²) in [5, 5.41) is 28.4. The second kappa shape index (κ2) is 6.22. The third-order valence-corrected chi connectivity index (χ3v) is 3.62. The number of aromatic amines is 1. The van der Waals surface area contributed by atoms with Gasteiger partial charge >= 0.3 is 0 Å². The molecule has 3 rings (SSSR count). The van der Waals surface area contributed by atoms with Crippen LogP contribution in [0, 0.1) is 0 Å². The molecule has 1 fully saturated rings. The van der Waals surface area contributed by atoms with Gasteiger partial charge in [-0.3, -0.25) is 14.3 Å². The number of aromatic nitrogens is 4. The molecule has 11 nitrogen and oxygen atoms in total. The lowest BCUT2D eigenvalue weighted by molar-refractivity contribution is -0.0761. The Morgan fingerprint density at radius 2 is 2.26 bits per heavy atom. The Hall–Kier alpha value is -2.05. The molecule has 23 heavy (non-hydrogen) atoms. The maximum atomic E-state index is 11.8. The van der Waals surface area contributed by atoms with E-state index in [2.05, 4.69) is 15.0 Å². The second-order valence-electron chi connectivity index (χ2n) is 5.07. The second-order valence-corrected chi connectivity index (χ2v) is 5.07. The van der Waals surface area contributed by atoms with Gasteiger partial charge < -0.3 is 30.5 Å². The van der Waals surface area contributed by atoms with E-state index in [4.69, 9.17) is 20.3 Å². The van der Waals surface area contributed by atoms with Gasteiger partial charge in [0.25, 0.3) is 5.56 Å². The molecule has 0 amide bonds. The van der Waals surface area contributed by atoms with Crippen molar-refractivity contribution in [2.45, 2.75) is 24.5 Å². The molecule has 3 heterocycles. The number of rotatable bonds is 5. The summed E-state index contributed by atoms with van der Waals surface area (Å²) in [6.07, 6.45) is -2.43. The van der Waals surface area contributed by atoms with Crippen LogP contribution >= 0.6 is 0 Å². The number of aliphatic hydroxyl groups excluding tert-OH is 3. The van der Waals surface area contributed by atoms with Crippen LogP contribution in [-0.4, -0.2) is 73.0 Å². The Labute approximate surface area is 129 Å². The van der Waals surface area contributed by atoms with Gasteiger partial charge in [-0.05, 0) is 0 Å². The number of nitrogen functional groups attached to an aromatic ring is 1. The zero-order valence-corrected chi connectivity index (χ0v) is 12.0. The van der Waals surface area contributed by atoms with Crippen molar-refractivity contribution < 1.29 is 24.8 Å². The summed E-state index contributed by atoms with van der Waals surface area (Å²) in [6.45, 7) is -0.683. The molecular weight excluding hydrogens is 310 g/mol. The fraction of sp³-hybridized carbons (Fsp3) is 0.583. The van der Waals surface area contributed by atoms with E-state index in [1.165, 1.54) is 10.9 Å². The lowest BCUT2D eigenvalue weighted by Crippen LogP contribution is -2.36. The molecule has 1 aliphatic heterocycles. The van der Waals surface area contributed by atoms with Crippen LogP contribution in [0.2, 0.25) is 0 Å². The third-order valence-electron chi connectivity index (χ3n) is 3.62. The number of imidazole rings is 1. The quantitative estimate of drug-likeness (QED) is 0.393. The molecule has 0 aromatic carbocycles. The molecule has 0 aliphatic carbocycles. The number of H-pyrrole nitrogens is 1. The summed E-state index contributed by atoms with van der Waals surface area (Å²) in [5.41, 5.74) is 5.27. The van der Waals surface area contributed by atoms with Crippen LogP contribution in [0.15, 0.2) is 11.1 Å². The smallest absolute Gasteiger partial charge is 0.280 e. The molecule has 1 saturated heterocycles. The average Bonchev–Trinajstić information content (AvgIpc) is 3.06. The van der Waals surface area contributed by atoms with Gasteiger partial charge in [-0.1, -0.05) is 0 Å². The zero-order chi connectivity index (χ0) is 16.6. The summed E-state index contributed by atoms with van der Waals surface area (Å²) < 4.78 is 12.4. The molecular formula is C12H17N5O6. The molecule has 2 unspecified atom stereocenters. The van der Waals surface area contributed by atoms with Crippen molar-refractivity contribution in [3.63, 3.8) is 0 Å². The Balaban J connectivity index is 2.03. The van der Waals surface area contributed by atoms with Crippen molar-refractivity contribution >= 4 is 17.1 Å². The maximum Gasteiger partial charge on any atom is 0.280 e. The Kier molecular flexibility index (Phi) is 4.28. The molecule has 2 aromatic rings. The van der Waals surface area contributed by atoms with Gasteiger partial charge in [0.2, 0.25) is 5.95 Å². The summed E-state index contributed by atoms with van der Waals surface area (Å²) in [7, 11) is 0. The van der Waals surface area contributed by atoms with Gasteiger partial charge in [0.1, 0.15) is 18.3 Å². The number of hydrogen-bond donors (Lipinski definition) is 5. The highest BCUT2D eigenvalue weighted by Crippen LogP contribution is 2.33. The first-order valence-electron chi connectivity index (χ1n) is 6.96. The van der Waals surface area contributed by atoms with E-state index < -0.39 is 36.7 Å². The van der Waals surface area contributed by atoms with Gasteiger partial charge in [-0.2, -0.15) is 4.98 Å². The number of anilines is 1. The molecule has 11 heteroatoms. The predicted octanol–water partition coefficient (Wildman–Crippen LogP) is -2.67. The maximum absolute atomic E-state index is 11.8. The number of hydrogen-bond acceptors (Lipinski definition) is 9. The Morgan fingerprint density at radius 3 is 2.96 bits per heavy atom. The molecule has 0 radical (unpaired) electrons. The molecule has 1 aliphatic rings. The zero-order valence-electron chi connectivity index (χ0n) is 12.0. The molecule has 4 atom stereocenters. The van der Waals surface area contributed by atoms with Gasteiger partial charge in [-0.25, -0.2) is 4.98 Å². The monoisotopic (exact) mass is 327 g/mol. The minimum Gasteiger partial charge on any atom is -0.394 e. The van der Waals surface area contributed by atoms with E-state index in [1.807, 2.05) is 0 Å². The topological polar surface area (TPSA) is 169 Å². The number of nitrogens with one attached hydrogen (secondary N) is 1. The lowest BCUT2D eigenvalue weighted by atomic mass is 10.1. The number of ether oxygens (including phenoxy) is 2. The van der Waals surface area contributed by atoms with E-state index in [1.54, 1.807) is 0 Å². The van der Waals surface area contributed by atoms with Crippen LogP contribution in [0.4, 0.5) is 5.95 Å². The molecule has 0 saturated carbocycles. The lowest BCUT2D eigenvalue weighted by Gasteiger charge is -2.21. The van der Waals surface area contributed by atoms with Crippen molar-refractivity contribution in [3.05, 3.63) is 16.7 Å². The van der Waals surface area contributed by atoms with Crippen molar-refractivity contribution in [3.8, 4) is 0 Å². The van der Waals surface area contributed by atoms with Crippen molar-refractivity contribution in [1.29, 1.82) is 0 Å². The summed E-state index contributed by atoms with van der Waals surface area (Å²) in [6, 6.07) is 0. The van der Waals surface area contributed by atoms with Crippen LogP contribution in [0.1, 0.15) is 6.23 Å². The molecule has 126 valence electrons. The van der Waals surface area contributed by atoms with Crippen LogP contribution in [0.3, 0.4) is 0 Å². The van der Waals surface area contributed by atoms with Crippen LogP contribution in [0.5, 0.6) is 0 Å². The van der Waals surface area contributed by atoms with E-state index in [0.29, 0.717) is 0 Å². The first-order valence-corrected chi connectivity index (χ1v) is 6.96. The fourth-order valence-corrected chi connectivity index (χ4v) is 2.59. The number of fused-ring (bicyclic) bond motifs is 1. The standard InChI is InChI=1S/C12H17N5O6/c13-12-15-9-6(10(21)16-12)14-4-17(9)11-8(22-2-1-18)7(20)5(3-19)23-11/h4-5,7-8,11,18-20H,1-3H2,(H3,13,15,16,21)/t5-,7?,8?,11-/m1/s1. The first kappa shape index (κ1) is 15.8. The highest BCUT2D eigenvalue weighted by atomic mass is 16.6. The first-order chi connectivity index (χ1) is 11.1. The Bertz CT molecular complexity index is 745. The van der Waals surface area contributed by atoms with Gasteiger partial charge in [0.15, 0.2) is 17.4 Å². The van der Waals surface area contributed by atoms with Crippen LogP contribution < -0.4 is 11.3 Å². The van der Waals surface area contributed by atoms with Gasteiger partial charge in [-0.15, -0.1) is 0 Å². The minimum absolute atomic E-state index is 0.0253. The highest BCUT2D eigenvalue weighted by Gasteiger charge is 2.45. The number of nitrogens with zero attached hydrogens (tertiary/aromatic N) is 3. The summed E-state index contributed by atoms with van der Waals surface area (Å²) in [5.74, 6) is -0.0886. The average molecular weight is 327 g/mol. The normalized spacial score (nSPS) is 27.8. The minimum atomic E-state index is -1.12. The molecule has 2 aromatic heterocycles. The molecule has 0 spiro atoms. The molecule has 0 bridgehead atoms. The predicted molar refractivity (Wildman–Crippen MR) is 76.4 cm³/mol. The third kappa shape index (κ3) is 2.68. The summed E-state index contributed by atoms with van der Waals surface area (Å²) >= 11 is 0. The SMILES string of the molecule is Nc1nc2c(ncn2[C@@H]2O[C@H](CO)C(O)C2OCCO)c(=O)[nH]1. The van der Waals surface area contributed by atoms with Crippen LogP contribution in [0.25, 0.3) is 11.2 Å².